The molecule has 2 fully saturated rings. The molecule has 5 rings (SSSR count). The summed E-state index contributed by atoms with van der Waals surface area (Å²) in [5.74, 6) is -1.69. The van der Waals surface area contributed by atoms with Gasteiger partial charge in [-0.3, -0.25) is 14.4 Å². The number of nitrogen functional groups attached to an aromatic ring is 1. The van der Waals surface area contributed by atoms with Gasteiger partial charge in [0.15, 0.2) is 11.4 Å². The Morgan fingerprint density at radius 2 is 1.74 bits per heavy atom. The van der Waals surface area contributed by atoms with Crippen LogP contribution in [-0.4, -0.2) is 74.6 Å². The molecule has 8 N–H and O–H groups in total. The molecule has 3 aliphatic rings. The number of aromatic hydroxyl groups is 1. The molecule has 6 atom stereocenters. The van der Waals surface area contributed by atoms with Crippen molar-refractivity contribution in [3.63, 3.8) is 0 Å². The predicted molar refractivity (Wildman–Crippen MR) is 141 cm³/mol. The molecule has 0 heterocycles. The van der Waals surface area contributed by atoms with Crippen molar-refractivity contribution in [2.45, 2.75) is 30.6 Å². The van der Waals surface area contributed by atoms with E-state index in [2.05, 4.69) is 11.8 Å². The fourth-order valence-corrected chi connectivity index (χ4v) is 6.43. The molecule has 202 valence electrons. The van der Waals surface area contributed by atoms with Gasteiger partial charge in [0, 0.05) is 34.3 Å². The fraction of sp³-hybridized carbons (Fsp3) is 0.345. The van der Waals surface area contributed by atoms with Crippen LogP contribution in [0.1, 0.15) is 28.7 Å². The molecule has 2 saturated carbocycles. The maximum Gasteiger partial charge on any atom is 0.230 e. The van der Waals surface area contributed by atoms with Crippen molar-refractivity contribution < 1.29 is 34.8 Å². The lowest BCUT2D eigenvalue weighted by atomic mass is 9.54. The summed E-state index contributed by atoms with van der Waals surface area (Å²) < 4.78 is 0. The number of aliphatic hydroxyl groups is 3. The van der Waals surface area contributed by atoms with Crippen LogP contribution in [0.2, 0.25) is 0 Å². The van der Waals surface area contributed by atoms with Gasteiger partial charge in [0.1, 0.15) is 17.4 Å². The summed E-state index contributed by atoms with van der Waals surface area (Å²) in [6, 6.07) is 8.97. The van der Waals surface area contributed by atoms with Crippen LogP contribution in [0, 0.1) is 29.6 Å². The standard InChI is InChI=1S/C29H29N3O7/c1-32(2)23-18-12-15-11-17-14(6-3-13-4-8-16(30)9-5-13)7-10-19(33)21(17)24(34)20(15)26(36)29(18,39)27(37)22(25(23)35)28(31)38/h4-5,7-10,15,18,22-23,25,33-35,39H,11-12,30H2,1-2H3,(H2,31,38)/t15-,18-,22?,23-,25?,29-/m1/s1. The van der Waals surface area contributed by atoms with Gasteiger partial charge in [-0.25, -0.2) is 0 Å². The molecular formula is C29H29N3O7. The number of likely N-dealkylation sites (N-methyl/N-ethyl adjacent to an activating group) is 1. The number of amides is 1. The van der Waals surface area contributed by atoms with E-state index in [-0.39, 0.29) is 29.7 Å². The van der Waals surface area contributed by atoms with Crippen molar-refractivity contribution in [2.75, 3.05) is 19.8 Å². The van der Waals surface area contributed by atoms with E-state index in [9.17, 15) is 34.8 Å². The average molecular weight is 532 g/mol. The van der Waals surface area contributed by atoms with Gasteiger partial charge in [-0.15, -0.1) is 0 Å². The monoisotopic (exact) mass is 531 g/mol. The average Bonchev–Trinajstić information content (AvgIpc) is 2.86. The summed E-state index contributed by atoms with van der Waals surface area (Å²) >= 11 is 0. The number of aliphatic hydroxyl groups excluding tert-OH is 2. The van der Waals surface area contributed by atoms with Crippen molar-refractivity contribution in [1.29, 1.82) is 0 Å². The minimum Gasteiger partial charge on any atom is -0.507 e. The summed E-state index contributed by atoms with van der Waals surface area (Å²) in [6.07, 6.45) is -1.32. The number of carbonyl (C=O) groups excluding carboxylic acids is 3. The predicted octanol–water partition coefficient (Wildman–Crippen LogP) is 0.111. The third-order valence-electron chi connectivity index (χ3n) is 8.22. The number of benzene rings is 2. The first-order valence-electron chi connectivity index (χ1n) is 12.5. The lowest BCUT2D eigenvalue weighted by Gasteiger charge is -2.53. The van der Waals surface area contributed by atoms with Crippen LogP contribution in [0.15, 0.2) is 42.0 Å². The number of nitrogens with zero attached hydrogens (tertiary/aromatic N) is 1. The Bertz CT molecular complexity index is 1500. The Kier molecular flexibility index (Phi) is 6.26. The van der Waals surface area contributed by atoms with Crippen LogP contribution in [0.3, 0.4) is 0 Å². The number of Topliss-reactive ketones (excluding diaryl/α,β-unsaturated/α-hetero) is 2. The van der Waals surface area contributed by atoms with E-state index in [0.29, 0.717) is 22.4 Å². The molecule has 2 aromatic carbocycles. The third-order valence-corrected chi connectivity index (χ3v) is 8.22. The number of ketones is 2. The van der Waals surface area contributed by atoms with Crippen molar-refractivity contribution in [3.8, 4) is 17.6 Å². The van der Waals surface area contributed by atoms with Crippen LogP contribution < -0.4 is 11.5 Å². The smallest absolute Gasteiger partial charge is 0.230 e. The Labute approximate surface area is 224 Å². The highest BCUT2D eigenvalue weighted by atomic mass is 16.3. The molecule has 0 bridgehead atoms. The number of hydrogen-bond donors (Lipinski definition) is 6. The summed E-state index contributed by atoms with van der Waals surface area (Å²) in [4.78, 5) is 40.9. The zero-order valence-corrected chi connectivity index (χ0v) is 21.4. The molecule has 0 saturated heterocycles. The molecule has 0 radical (unpaired) electrons. The zero-order chi connectivity index (χ0) is 28.4. The van der Waals surface area contributed by atoms with Gasteiger partial charge in [0.2, 0.25) is 11.7 Å². The Morgan fingerprint density at radius 3 is 2.36 bits per heavy atom. The first kappa shape index (κ1) is 26.4. The highest BCUT2D eigenvalue weighted by Gasteiger charge is 2.67. The summed E-state index contributed by atoms with van der Waals surface area (Å²) in [7, 11) is 3.21. The van der Waals surface area contributed by atoms with E-state index < -0.39 is 58.7 Å². The van der Waals surface area contributed by atoms with Gasteiger partial charge in [-0.2, -0.15) is 0 Å². The number of fused-ring (bicyclic) bond motifs is 3. The molecule has 2 aromatic rings. The lowest BCUT2D eigenvalue weighted by Crippen LogP contribution is -2.73. The number of nitrogens with two attached hydrogens (primary N) is 2. The third kappa shape index (κ3) is 3.89. The molecular weight excluding hydrogens is 502 g/mol. The molecule has 0 aromatic heterocycles. The largest absolute Gasteiger partial charge is 0.507 e. The van der Waals surface area contributed by atoms with E-state index >= 15 is 0 Å². The van der Waals surface area contributed by atoms with E-state index in [1.807, 2.05) is 0 Å². The second-order valence-corrected chi connectivity index (χ2v) is 10.6. The van der Waals surface area contributed by atoms with Crippen LogP contribution in [0.4, 0.5) is 5.69 Å². The van der Waals surface area contributed by atoms with Gasteiger partial charge in [-0.05, 0) is 74.8 Å². The first-order valence-corrected chi connectivity index (χ1v) is 12.5. The normalized spacial score (nSPS) is 29.7. The highest BCUT2D eigenvalue weighted by molar-refractivity contribution is 6.25. The molecule has 1 amide bonds. The number of phenolic OH excluding ortho intramolecular Hbond substituents is 1. The summed E-state index contributed by atoms with van der Waals surface area (Å²) in [5.41, 5.74) is 10.6. The van der Waals surface area contributed by atoms with Crippen molar-refractivity contribution >= 4 is 28.9 Å². The Morgan fingerprint density at radius 1 is 1.08 bits per heavy atom. The van der Waals surface area contributed by atoms with Gasteiger partial charge in [-0.1, -0.05) is 11.8 Å². The van der Waals surface area contributed by atoms with Gasteiger partial charge >= 0.3 is 0 Å². The van der Waals surface area contributed by atoms with Gasteiger partial charge < -0.3 is 36.8 Å². The quantitative estimate of drug-likeness (QED) is 0.178. The molecule has 0 aliphatic heterocycles. The lowest BCUT2D eigenvalue weighted by molar-refractivity contribution is -0.184. The maximum atomic E-state index is 13.9. The van der Waals surface area contributed by atoms with Gasteiger partial charge in [0.25, 0.3) is 0 Å². The fourth-order valence-electron chi connectivity index (χ4n) is 6.43. The molecule has 2 unspecified atom stereocenters. The minimum atomic E-state index is -2.69. The zero-order valence-electron chi connectivity index (χ0n) is 21.4. The van der Waals surface area contributed by atoms with E-state index in [1.54, 1.807) is 49.3 Å². The van der Waals surface area contributed by atoms with Crippen LogP contribution in [0.5, 0.6) is 5.75 Å². The summed E-state index contributed by atoms with van der Waals surface area (Å²) in [5, 5.41) is 44.6. The Hall–Kier alpha value is -4.17. The Balaban J connectivity index is 1.65. The van der Waals surface area contributed by atoms with Gasteiger partial charge in [0.05, 0.1) is 11.7 Å². The molecule has 10 heteroatoms. The molecule has 10 nitrogen and oxygen atoms in total. The second kappa shape index (κ2) is 9.24. The number of anilines is 1. The van der Waals surface area contributed by atoms with Crippen LogP contribution >= 0.6 is 0 Å². The van der Waals surface area contributed by atoms with E-state index in [1.165, 1.54) is 6.07 Å². The number of rotatable bonds is 2. The number of hydrogen-bond acceptors (Lipinski definition) is 9. The number of carbonyl (C=O) groups is 3. The maximum absolute atomic E-state index is 13.9. The van der Waals surface area contributed by atoms with Crippen molar-refractivity contribution in [2.24, 2.45) is 23.5 Å². The molecule has 0 spiro atoms. The number of phenols is 1. The second-order valence-electron chi connectivity index (χ2n) is 10.6. The van der Waals surface area contributed by atoms with Crippen LogP contribution in [0.25, 0.3) is 5.76 Å². The first-order chi connectivity index (χ1) is 18.4. The highest BCUT2D eigenvalue weighted by Crippen LogP contribution is 2.52. The SMILES string of the molecule is CN(C)[C@H]1C(O)C(C(N)=O)C(=O)[C@]2(O)C(=O)C3=C(O)c4c(O)ccc(C#Cc5ccc(N)cc5)c4C[C@@H]3C[C@H]12. The molecule has 3 aliphatic carbocycles. The van der Waals surface area contributed by atoms with Crippen molar-refractivity contribution in [1.82, 2.24) is 4.90 Å². The minimum absolute atomic E-state index is 0.000315. The topological polar surface area (TPSA) is 187 Å². The number of primary amides is 1. The van der Waals surface area contributed by atoms with Crippen molar-refractivity contribution in [3.05, 3.63) is 64.2 Å². The molecule has 39 heavy (non-hydrogen) atoms. The van der Waals surface area contributed by atoms with E-state index in [0.717, 1.165) is 0 Å². The van der Waals surface area contributed by atoms with Crippen LogP contribution in [-0.2, 0) is 20.8 Å². The van der Waals surface area contributed by atoms with E-state index in [4.69, 9.17) is 11.5 Å². The summed E-state index contributed by atoms with van der Waals surface area (Å²) in [6.45, 7) is 0.